The smallest absolute Gasteiger partial charge is 0.337 e. The first-order valence-electron chi connectivity index (χ1n) is 4.48. The van der Waals surface area contributed by atoms with Gasteiger partial charge in [0.05, 0.1) is 10.4 Å². The zero-order valence-corrected chi connectivity index (χ0v) is 10.0. The summed E-state index contributed by atoms with van der Waals surface area (Å²) in [6.45, 7) is 1.60. The summed E-state index contributed by atoms with van der Waals surface area (Å²) in [5, 5.41) is 8.98. The lowest BCUT2D eigenvalue weighted by Crippen LogP contribution is -2.16. The van der Waals surface area contributed by atoms with Gasteiger partial charge in [-0.2, -0.15) is 0 Å². The Bertz CT molecular complexity index is 451. The SMILES string of the molecule is CC(Br)C(=O)c1cccc(C=O)c1C(=O)O. The van der Waals surface area contributed by atoms with Gasteiger partial charge in [-0.1, -0.05) is 34.1 Å². The first kappa shape index (κ1) is 12.6. The summed E-state index contributed by atoms with van der Waals surface area (Å²) < 4.78 is 0. The van der Waals surface area contributed by atoms with Crippen molar-refractivity contribution >= 4 is 34.0 Å². The summed E-state index contributed by atoms with van der Waals surface area (Å²) in [5.74, 6) is -1.64. The number of alkyl halides is 1. The lowest BCUT2D eigenvalue weighted by molar-refractivity contribution is 0.0689. The van der Waals surface area contributed by atoms with Gasteiger partial charge in [0.25, 0.3) is 0 Å². The van der Waals surface area contributed by atoms with Crippen molar-refractivity contribution in [3.8, 4) is 0 Å². The molecule has 0 saturated carbocycles. The van der Waals surface area contributed by atoms with Crippen molar-refractivity contribution in [2.24, 2.45) is 0 Å². The average molecular weight is 285 g/mol. The summed E-state index contributed by atoms with van der Waals surface area (Å²) >= 11 is 3.08. The summed E-state index contributed by atoms with van der Waals surface area (Å²) in [7, 11) is 0. The highest BCUT2D eigenvalue weighted by atomic mass is 79.9. The predicted molar refractivity (Wildman–Crippen MR) is 61.5 cm³/mol. The maximum Gasteiger partial charge on any atom is 0.337 e. The molecule has 1 aromatic rings. The van der Waals surface area contributed by atoms with Crippen LogP contribution in [0.2, 0.25) is 0 Å². The maximum atomic E-state index is 11.7. The lowest BCUT2D eigenvalue weighted by atomic mass is 9.97. The number of aldehydes is 1. The molecule has 4 nitrogen and oxygen atoms in total. The first-order chi connectivity index (χ1) is 7.49. The molecule has 0 radical (unpaired) electrons. The van der Waals surface area contributed by atoms with E-state index in [-0.39, 0.29) is 22.5 Å². The predicted octanol–water partition coefficient (Wildman–Crippen LogP) is 2.16. The minimum atomic E-state index is -1.28. The third-order valence-corrected chi connectivity index (χ3v) is 2.48. The molecule has 16 heavy (non-hydrogen) atoms. The van der Waals surface area contributed by atoms with Crippen LogP contribution in [0, 0.1) is 0 Å². The molecule has 0 amide bonds. The molecule has 0 aromatic heterocycles. The Balaban J connectivity index is 3.44. The quantitative estimate of drug-likeness (QED) is 0.523. The van der Waals surface area contributed by atoms with Crippen molar-refractivity contribution in [1.29, 1.82) is 0 Å². The molecule has 0 fully saturated rings. The fraction of sp³-hybridized carbons (Fsp3) is 0.182. The highest BCUT2D eigenvalue weighted by Crippen LogP contribution is 2.18. The summed E-state index contributed by atoms with van der Waals surface area (Å²) in [6, 6.07) is 4.25. The Morgan fingerprint density at radius 2 is 2.06 bits per heavy atom. The van der Waals surface area contributed by atoms with E-state index in [0.717, 1.165) is 0 Å². The van der Waals surface area contributed by atoms with E-state index in [1.54, 1.807) is 6.92 Å². The molecule has 0 bridgehead atoms. The number of carboxylic acid groups (broad SMARTS) is 1. The normalized spacial score (nSPS) is 11.9. The fourth-order valence-corrected chi connectivity index (χ4v) is 1.57. The monoisotopic (exact) mass is 284 g/mol. The molecule has 1 rings (SSSR count). The fourth-order valence-electron chi connectivity index (χ4n) is 1.33. The highest BCUT2D eigenvalue weighted by Gasteiger charge is 2.22. The topological polar surface area (TPSA) is 71.4 Å². The molecule has 1 aromatic carbocycles. The number of carboxylic acids is 1. The molecule has 1 atom stereocenters. The number of aromatic carboxylic acids is 1. The number of hydrogen-bond acceptors (Lipinski definition) is 3. The molecular weight excluding hydrogens is 276 g/mol. The van der Waals surface area contributed by atoms with E-state index in [1.165, 1.54) is 18.2 Å². The van der Waals surface area contributed by atoms with Crippen LogP contribution >= 0.6 is 15.9 Å². The van der Waals surface area contributed by atoms with E-state index in [1.807, 2.05) is 0 Å². The Kier molecular flexibility index (Phi) is 3.95. The Hall–Kier alpha value is -1.49. The van der Waals surface area contributed by atoms with Gasteiger partial charge in [-0.3, -0.25) is 9.59 Å². The number of carbonyl (C=O) groups excluding carboxylic acids is 2. The summed E-state index contributed by atoms with van der Waals surface area (Å²) in [6.07, 6.45) is 0.430. The third kappa shape index (κ3) is 2.36. The van der Waals surface area contributed by atoms with Crippen LogP contribution in [-0.4, -0.2) is 28.0 Å². The zero-order chi connectivity index (χ0) is 12.3. The molecule has 5 heteroatoms. The molecule has 0 aliphatic carbocycles. The van der Waals surface area contributed by atoms with Crippen LogP contribution < -0.4 is 0 Å². The molecule has 0 saturated heterocycles. The van der Waals surface area contributed by atoms with Crippen molar-refractivity contribution in [3.63, 3.8) is 0 Å². The van der Waals surface area contributed by atoms with Crippen molar-refractivity contribution in [1.82, 2.24) is 0 Å². The van der Waals surface area contributed by atoms with E-state index < -0.39 is 10.8 Å². The van der Waals surface area contributed by atoms with Gasteiger partial charge in [0, 0.05) is 11.1 Å². The first-order valence-corrected chi connectivity index (χ1v) is 5.40. The van der Waals surface area contributed by atoms with Crippen molar-refractivity contribution in [3.05, 3.63) is 34.9 Å². The Labute approximate surface area is 100 Å². The van der Waals surface area contributed by atoms with Gasteiger partial charge < -0.3 is 5.11 Å². The summed E-state index contributed by atoms with van der Waals surface area (Å²) in [4.78, 5) is 32.9. The van der Waals surface area contributed by atoms with E-state index in [9.17, 15) is 14.4 Å². The number of hydrogen-bond donors (Lipinski definition) is 1. The lowest BCUT2D eigenvalue weighted by Gasteiger charge is -2.08. The Morgan fingerprint density at radius 3 is 2.50 bits per heavy atom. The molecule has 0 aliphatic rings. The number of benzene rings is 1. The van der Waals surface area contributed by atoms with Crippen LogP contribution in [0.5, 0.6) is 0 Å². The second kappa shape index (κ2) is 5.03. The van der Waals surface area contributed by atoms with Crippen LogP contribution in [0.1, 0.15) is 38.0 Å². The standard InChI is InChI=1S/C11H9BrO4/c1-6(12)10(14)8-4-2-3-7(5-13)9(8)11(15)16/h2-6H,1H3,(H,15,16). The van der Waals surface area contributed by atoms with E-state index in [2.05, 4.69) is 15.9 Å². The van der Waals surface area contributed by atoms with Gasteiger partial charge in [0.2, 0.25) is 0 Å². The molecule has 1 N–H and O–H groups in total. The van der Waals surface area contributed by atoms with E-state index >= 15 is 0 Å². The van der Waals surface area contributed by atoms with Crippen LogP contribution in [0.3, 0.4) is 0 Å². The average Bonchev–Trinajstić information content (AvgIpc) is 2.26. The van der Waals surface area contributed by atoms with Gasteiger partial charge >= 0.3 is 5.97 Å². The minimum absolute atomic E-state index is 0.00602. The molecule has 0 spiro atoms. The second-order valence-electron chi connectivity index (χ2n) is 3.17. The van der Waals surface area contributed by atoms with Crippen LogP contribution in [-0.2, 0) is 0 Å². The van der Waals surface area contributed by atoms with Gasteiger partial charge in [0.15, 0.2) is 12.1 Å². The van der Waals surface area contributed by atoms with Crippen LogP contribution in [0.15, 0.2) is 18.2 Å². The molecule has 84 valence electrons. The van der Waals surface area contributed by atoms with Gasteiger partial charge in [-0.25, -0.2) is 4.79 Å². The molecule has 1 unspecified atom stereocenters. The molecule has 0 heterocycles. The van der Waals surface area contributed by atoms with Gasteiger partial charge in [-0.15, -0.1) is 0 Å². The third-order valence-electron chi connectivity index (χ3n) is 2.06. The maximum absolute atomic E-state index is 11.7. The van der Waals surface area contributed by atoms with Crippen LogP contribution in [0.4, 0.5) is 0 Å². The van der Waals surface area contributed by atoms with E-state index in [0.29, 0.717) is 6.29 Å². The van der Waals surface area contributed by atoms with Crippen molar-refractivity contribution in [2.75, 3.05) is 0 Å². The number of Topliss-reactive ketones (excluding diaryl/α,β-unsaturated/α-hetero) is 1. The van der Waals surface area contributed by atoms with Crippen molar-refractivity contribution < 1.29 is 19.5 Å². The highest BCUT2D eigenvalue weighted by molar-refractivity contribution is 9.10. The van der Waals surface area contributed by atoms with Gasteiger partial charge in [-0.05, 0) is 6.92 Å². The van der Waals surface area contributed by atoms with E-state index in [4.69, 9.17) is 5.11 Å². The summed E-state index contributed by atoms with van der Waals surface area (Å²) in [5.41, 5.74) is -0.193. The number of halogens is 1. The second-order valence-corrected chi connectivity index (χ2v) is 4.55. The number of carbonyl (C=O) groups is 3. The number of rotatable bonds is 4. The molecular formula is C11H9BrO4. The minimum Gasteiger partial charge on any atom is -0.478 e. The van der Waals surface area contributed by atoms with Crippen LogP contribution in [0.25, 0.3) is 0 Å². The van der Waals surface area contributed by atoms with Crippen molar-refractivity contribution in [2.45, 2.75) is 11.8 Å². The number of ketones is 1. The van der Waals surface area contributed by atoms with Gasteiger partial charge in [0.1, 0.15) is 0 Å². The largest absolute Gasteiger partial charge is 0.478 e. The molecule has 0 aliphatic heterocycles. The zero-order valence-electron chi connectivity index (χ0n) is 8.44. The Morgan fingerprint density at radius 1 is 1.44 bits per heavy atom.